The number of rotatable bonds is 2. The van der Waals surface area contributed by atoms with Crippen molar-refractivity contribution in [1.29, 1.82) is 0 Å². The number of fused-ring (bicyclic) bond motifs is 3. The van der Waals surface area contributed by atoms with Gasteiger partial charge in [-0.3, -0.25) is 0 Å². The number of anilines is 1. The SMILES string of the molecule is Cc1cccc2c1N[C@H](c1ccc(C(=O)[O-])cc1)[C@H]1CC=C[C@H]21. The molecule has 0 bridgehead atoms. The number of hydrogen-bond donors (Lipinski definition) is 1. The highest BCUT2D eigenvalue weighted by Gasteiger charge is 2.38. The Balaban J connectivity index is 1.75. The van der Waals surface area contributed by atoms with Crippen molar-refractivity contribution < 1.29 is 9.90 Å². The fourth-order valence-electron chi connectivity index (χ4n) is 3.93. The molecule has 4 rings (SSSR count). The van der Waals surface area contributed by atoms with Gasteiger partial charge in [0.1, 0.15) is 0 Å². The summed E-state index contributed by atoms with van der Waals surface area (Å²) in [6, 6.07) is 13.7. The van der Waals surface area contributed by atoms with Gasteiger partial charge < -0.3 is 15.2 Å². The van der Waals surface area contributed by atoms with Gasteiger partial charge in [-0.2, -0.15) is 0 Å². The molecule has 0 saturated carbocycles. The Kier molecular flexibility index (Phi) is 3.22. The van der Waals surface area contributed by atoms with Crippen molar-refractivity contribution in [1.82, 2.24) is 0 Å². The molecule has 2 aliphatic rings. The number of hydrogen-bond acceptors (Lipinski definition) is 3. The number of aromatic carboxylic acids is 1. The van der Waals surface area contributed by atoms with E-state index < -0.39 is 5.97 Å². The highest BCUT2D eigenvalue weighted by molar-refractivity contribution is 5.85. The van der Waals surface area contributed by atoms with Crippen LogP contribution in [0.3, 0.4) is 0 Å². The minimum absolute atomic E-state index is 0.194. The fourth-order valence-corrected chi connectivity index (χ4v) is 3.93. The van der Waals surface area contributed by atoms with E-state index in [2.05, 4.69) is 42.6 Å². The number of benzene rings is 2. The maximum Gasteiger partial charge on any atom is 0.0715 e. The average molecular weight is 304 g/mol. The number of nitrogens with one attached hydrogen (secondary N) is 1. The van der Waals surface area contributed by atoms with Gasteiger partial charge in [-0.1, -0.05) is 54.6 Å². The zero-order valence-corrected chi connectivity index (χ0v) is 13.0. The normalized spacial score (nSPS) is 24.7. The number of para-hydroxylation sites is 1. The number of aryl methyl sites for hydroxylation is 1. The van der Waals surface area contributed by atoms with Gasteiger partial charge in [0, 0.05) is 11.6 Å². The Hall–Kier alpha value is -2.55. The van der Waals surface area contributed by atoms with Gasteiger partial charge in [-0.05, 0) is 41.5 Å². The maximum absolute atomic E-state index is 10.9. The summed E-state index contributed by atoms with van der Waals surface area (Å²) in [5.41, 5.74) is 5.18. The van der Waals surface area contributed by atoms with Gasteiger partial charge in [0.2, 0.25) is 0 Å². The van der Waals surface area contributed by atoms with Crippen molar-refractivity contribution in [2.75, 3.05) is 5.32 Å². The monoisotopic (exact) mass is 304 g/mol. The van der Waals surface area contributed by atoms with E-state index in [4.69, 9.17) is 0 Å². The lowest BCUT2D eigenvalue weighted by Crippen LogP contribution is -2.29. The van der Waals surface area contributed by atoms with E-state index in [0.29, 0.717) is 11.8 Å². The van der Waals surface area contributed by atoms with Crippen LogP contribution in [0.4, 0.5) is 5.69 Å². The molecule has 1 heterocycles. The summed E-state index contributed by atoms with van der Waals surface area (Å²) in [6.07, 6.45) is 5.61. The number of carboxylic acid groups (broad SMARTS) is 1. The molecule has 116 valence electrons. The highest BCUT2D eigenvalue weighted by Crippen LogP contribution is 2.50. The summed E-state index contributed by atoms with van der Waals surface area (Å²) in [6.45, 7) is 2.13. The van der Waals surface area contributed by atoms with E-state index in [9.17, 15) is 9.90 Å². The van der Waals surface area contributed by atoms with Gasteiger partial charge in [0.25, 0.3) is 0 Å². The maximum atomic E-state index is 10.9. The third kappa shape index (κ3) is 2.24. The molecule has 0 saturated heterocycles. The van der Waals surface area contributed by atoms with E-state index in [1.165, 1.54) is 16.8 Å². The minimum atomic E-state index is -1.13. The van der Waals surface area contributed by atoms with Crippen LogP contribution in [0.25, 0.3) is 0 Å². The summed E-state index contributed by atoms with van der Waals surface area (Å²) in [5.74, 6) is -0.232. The lowest BCUT2D eigenvalue weighted by Gasteiger charge is -2.38. The number of carbonyl (C=O) groups excluding carboxylic acids is 1. The molecule has 0 radical (unpaired) electrons. The van der Waals surface area contributed by atoms with Crippen LogP contribution in [-0.4, -0.2) is 5.97 Å². The van der Waals surface area contributed by atoms with Crippen molar-refractivity contribution in [2.45, 2.75) is 25.3 Å². The van der Waals surface area contributed by atoms with Crippen molar-refractivity contribution in [2.24, 2.45) is 5.92 Å². The second-order valence-corrected chi connectivity index (χ2v) is 6.42. The summed E-state index contributed by atoms with van der Waals surface area (Å²) >= 11 is 0. The number of carboxylic acids is 1. The smallest absolute Gasteiger partial charge is 0.0715 e. The molecule has 1 N–H and O–H groups in total. The van der Waals surface area contributed by atoms with Crippen LogP contribution in [0, 0.1) is 12.8 Å². The lowest BCUT2D eigenvalue weighted by molar-refractivity contribution is -0.255. The molecule has 2 aromatic carbocycles. The standard InChI is InChI=1S/C20H19NO2/c1-12-4-2-6-16-15-5-3-7-17(15)19(21-18(12)16)13-8-10-14(11-9-13)20(22)23/h2-6,8-11,15,17,19,21H,7H2,1H3,(H,22,23)/p-1/t15-,17+,19-/m1/s1. The number of carbonyl (C=O) groups is 1. The molecule has 0 fully saturated rings. The molecular weight excluding hydrogens is 286 g/mol. The van der Waals surface area contributed by atoms with E-state index in [1.54, 1.807) is 12.1 Å². The molecule has 0 unspecified atom stereocenters. The summed E-state index contributed by atoms with van der Waals surface area (Å²) in [4.78, 5) is 10.9. The molecule has 3 nitrogen and oxygen atoms in total. The number of allylic oxidation sites excluding steroid dienone is 2. The summed E-state index contributed by atoms with van der Waals surface area (Å²) in [7, 11) is 0. The van der Waals surface area contributed by atoms with Gasteiger partial charge in [0.15, 0.2) is 0 Å². The Labute approximate surface area is 135 Å². The zero-order valence-electron chi connectivity index (χ0n) is 13.0. The van der Waals surface area contributed by atoms with Crippen molar-refractivity contribution >= 4 is 11.7 Å². The fraction of sp³-hybridized carbons (Fsp3) is 0.250. The molecule has 0 amide bonds. The Morgan fingerprint density at radius 1 is 1.17 bits per heavy atom. The minimum Gasteiger partial charge on any atom is -0.545 e. The first-order valence-corrected chi connectivity index (χ1v) is 7.99. The predicted molar refractivity (Wildman–Crippen MR) is 88.3 cm³/mol. The molecular formula is C20H18NO2-. The van der Waals surface area contributed by atoms with Crippen molar-refractivity contribution in [3.05, 3.63) is 76.9 Å². The second-order valence-electron chi connectivity index (χ2n) is 6.42. The molecule has 23 heavy (non-hydrogen) atoms. The van der Waals surface area contributed by atoms with Crippen LogP contribution in [0.2, 0.25) is 0 Å². The first-order chi connectivity index (χ1) is 11.1. The van der Waals surface area contributed by atoms with Crippen LogP contribution in [0.15, 0.2) is 54.6 Å². The molecule has 1 aliphatic heterocycles. The van der Waals surface area contributed by atoms with E-state index in [-0.39, 0.29) is 11.6 Å². The van der Waals surface area contributed by atoms with Crippen molar-refractivity contribution in [3.8, 4) is 0 Å². The van der Waals surface area contributed by atoms with Crippen LogP contribution in [-0.2, 0) is 0 Å². The largest absolute Gasteiger partial charge is 0.545 e. The van der Waals surface area contributed by atoms with Gasteiger partial charge in [-0.15, -0.1) is 0 Å². The Morgan fingerprint density at radius 2 is 1.96 bits per heavy atom. The molecule has 2 aromatic rings. The summed E-state index contributed by atoms with van der Waals surface area (Å²) < 4.78 is 0. The third-order valence-electron chi connectivity index (χ3n) is 5.11. The second kappa shape index (κ2) is 5.27. The first kappa shape index (κ1) is 14.1. The topological polar surface area (TPSA) is 52.2 Å². The van der Waals surface area contributed by atoms with Gasteiger partial charge in [-0.25, -0.2) is 0 Å². The Morgan fingerprint density at radius 3 is 2.70 bits per heavy atom. The predicted octanol–water partition coefficient (Wildman–Crippen LogP) is 3.19. The van der Waals surface area contributed by atoms with E-state index >= 15 is 0 Å². The van der Waals surface area contributed by atoms with Crippen LogP contribution >= 0.6 is 0 Å². The molecule has 0 aromatic heterocycles. The van der Waals surface area contributed by atoms with Crippen LogP contribution in [0.1, 0.15) is 45.4 Å². The Bertz CT molecular complexity index is 792. The summed E-state index contributed by atoms with van der Waals surface area (Å²) in [5, 5.41) is 14.6. The molecule has 3 heteroatoms. The van der Waals surface area contributed by atoms with Gasteiger partial charge >= 0.3 is 0 Å². The van der Waals surface area contributed by atoms with E-state index in [1.807, 2.05) is 12.1 Å². The first-order valence-electron chi connectivity index (χ1n) is 7.99. The van der Waals surface area contributed by atoms with Gasteiger partial charge in [0.05, 0.1) is 12.0 Å². The molecule has 0 spiro atoms. The molecule has 1 aliphatic carbocycles. The van der Waals surface area contributed by atoms with Crippen molar-refractivity contribution in [3.63, 3.8) is 0 Å². The van der Waals surface area contributed by atoms with Crippen LogP contribution in [0.5, 0.6) is 0 Å². The average Bonchev–Trinajstić information content (AvgIpc) is 3.04. The quantitative estimate of drug-likeness (QED) is 0.867. The van der Waals surface area contributed by atoms with E-state index in [0.717, 1.165) is 12.0 Å². The zero-order chi connectivity index (χ0) is 16.0. The lowest BCUT2D eigenvalue weighted by atomic mass is 9.76. The molecule has 3 atom stereocenters. The van der Waals surface area contributed by atoms with Crippen LogP contribution < -0.4 is 10.4 Å². The third-order valence-corrected chi connectivity index (χ3v) is 5.11. The highest BCUT2D eigenvalue weighted by atomic mass is 16.4.